The first kappa shape index (κ1) is 25.9. The Hall–Kier alpha value is -3.71. The van der Waals surface area contributed by atoms with Crippen molar-refractivity contribution in [1.82, 2.24) is 15.2 Å². The number of cyclic esters (lactones) is 1. The van der Waals surface area contributed by atoms with Crippen LogP contribution in [0.25, 0.3) is 11.3 Å². The summed E-state index contributed by atoms with van der Waals surface area (Å²) in [6.45, 7) is 5.99. The highest BCUT2D eigenvalue weighted by Gasteiger charge is 2.46. The fraction of sp³-hybridized carbons (Fsp3) is 0.387. The normalized spacial score (nSPS) is 20.5. The van der Waals surface area contributed by atoms with E-state index < -0.39 is 11.2 Å². The topological polar surface area (TPSA) is 91.8 Å². The van der Waals surface area contributed by atoms with Crippen molar-refractivity contribution in [2.45, 2.75) is 69.7 Å². The summed E-state index contributed by atoms with van der Waals surface area (Å²) in [5, 5.41) is 13.6. The number of nitrogens with zero attached hydrogens (tertiary/aromatic N) is 2. The van der Waals surface area contributed by atoms with E-state index in [0.29, 0.717) is 31.0 Å². The number of hydrogen-bond acceptors (Lipinski definition) is 5. The van der Waals surface area contributed by atoms with E-state index in [1.807, 2.05) is 67.6 Å². The van der Waals surface area contributed by atoms with Gasteiger partial charge in [-0.15, -0.1) is 0 Å². The minimum Gasteiger partial charge on any atom is -0.438 e. The lowest BCUT2D eigenvalue weighted by molar-refractivity contribution is -0.101. The van der Waals surface area contributed by atoms with Gasteiger partial charge in [-0.1, -0.05) is 54.6 Å². The van der Waals surface area contributed by atoms with Gasteiger partial charge in [-0.2, -0.15) is 0 Å². The standard InChI is InChI=1S/C31H35N3O4/c1-21(34-18-17-31(38-29(34)36,20-30(2,3)37)25-7-5-4-6-8-25)22-9-11-23(12-10-22)27-16-13-24(19-32-27)28(35)33-26-14-15-26/h4-13,16,19,21,26,37H,14-15,17-18,20H2,1-3H3,(H,33,35)/t21-,31?/m0/s1. The minimum atomic E-state index is -0.993. The van der Waals surface area contributed by atoms with Crippen LogP contribution in [0.15, 0.2) is 72.9 Å². The van der Waals surface area contributed by atoms with Crippen LogP contribution in [0.2, 0.25) is 0 Å². The highest BCUT2D eigenvalue weighted by atomic mass is 16.6. The molecule has 1 saturated heterocycles. The molecule has 2 aliphatic rings. The molecule has 2 heterocycles. The average molecular weight is 514 g/mol. The first-order chi connectivity index (χ1) is 18.1. The maximum atomic E-state index is 13.3. The number of amides is 2. The van der Waals surface area contributed by atoms with Crippen molar-refractivity contribution >= 4 is 12.0 Å². The molecule has 0 radical (unpaired) electrons. The fourth-order valence-corrected chi connectivity index (χ4v) is 5.20. The first-order valence-electron chi connectivity index (χ1n) is 13.3. The SMILES string of the molecule is C[C@@H](c1ccc(-c2ccc(C(=O)NC3CC3)cn2)cc1)N1CCC(CC(C)(C)O)(c2ccccc2)OC1=O. The van der Waals surface area contributed by atoms with Gasteiger partial charge in [0.05, 0.1) is 22.9 Å². The van der Waals surface area contributed by atoms with E-state index in [4.69, 9.17) is 4.74 Å². The third-order valence-corrected chi connectivity index (χ3v) is 7.39. The highest BCUT2D eigenvalue weighted by Crippen LogP contribution is 2.42. The molecule has 2 N–H and O–H groups in total. The van der Waals surface area contributed by atoms with Gasteiger partial charge in [0.2, 0.25) is 0 Å². The predicted octanol–water partition coefficient (Wildman–Crippen LogP) is 5.60. The van der Waals surface area contributed by atoms with Gasteiger partial charge < -0.3 is 20.1 Å². The van der Waals surface area contributed by atoms with E-state index in [9.17, 15) is 14.7 Å². The van der Waals surface area contributed by atoms with E-state index in [2.05, 4.69) is 10.3 Å². The smallest absolute Gasteiger partial charge is 0.411 e. The van der Waals surface area contributed by atoms with Crippen LogP contribution in [0.5, 0.6) is 0 Å². The summed E-state index contributed by atoms with van der Waals surface area (Å²) in [7, 11) is 0. The summed E-state index contributed by atoms with van der Waals surface area (Å²) in [4.78, 5) is 31.8. The van der Waals surface area contributed by atoms with Gasteiger partial charge in [0.25, 0.3) is 5.91 Å². The van der Waals surface area contributed by atoms with E-state index in [1.165, 1.54) is 0 Å². The van der Waals surface area contributed by atoms with Crippen molar-refractivity contribution in [3.63, 3.8) is 0 Å². The molecule has 0 spiro atoms. The monoisotopic (exact) mass is 513 g/mol. The zero-order valence-electron chi connectivity index (χ0n) is 22.2. The third kappa shape index (κ3) is 5.73. The van der Waals surface area contributed by atoms with Crippen molar-refractivity contribution in [2.75, 3.05) is 6.54 Å². The van der Waals surface area contributed by atoms with Crippen LogP contribution in [-0.4, -0.2) is 45.2 Å². The third-order valence-electron chi connectivity index (χ3n) is 7.39. The van der Waals surface area contributed by atoms with Crippen LogP contribution in [0, 0.1) is 0 Å². The van der Waals surface area contributed by atoms with Crippen molar-refractivity contribution in [3.05, 3.63) is 89.6 Å². The maximum Gasteiger partial charge on any atom is 0.411 e. The molecule has 7 heteroatoms. The van der Waals surface area contributed by atoms with E-state index in [-0.39, 0.29) is 18.0 Å². The van der Waals surface area contributed by atoms with Crippen molar-refractivity contribution in [3.8, 4) is 11.3 Å². The molecule has 1 saturated carbocycles. The molecule has 7 nitrogen and oxygen atoms in total. The highest BCUT2D eigenvalue weighted by molar-refractivity contribution is 5.94. The number of aliphatic hydroxyl groups is 1. The molecule has 1 aliphatic carbocycles. The quantitative estimate of drug-likeness (QED) is 0.409. The van der Waals surface area contributed by atoms with Crippen LogP contribution in [0.4, 0.5) is 4.79 Å². The minimum absolute atomic E-state index is 0.0806. The van der Waals surface area contributed by atoms with Crippen LogP contribution in [-0.2, 0) is 10.3 Å². The molecule has 1 aromatic heterocycles. The first-order valence-corrected chi connectivity index (χ1v) is 13.3. The van der Waals surface area contributed by atoms with Crippen molar-refractivity contribution in [1.29, 1.82) is 0 Å². The summed E-state index contributed by atoms with van der Waals surface area (Å²) in [5.41, 5.74) is 2.30. The summed E-state index contributed by atoms with van der Waals surface area (Å²) in [6.07, 6.45) is 4.22. The molecule has 3 aromatic rings. The molecular weight excluding hydrogens is 478 g/mol. The van der Waals surface area contributed by atoms with Gasteiger partial charge in [0.1, 0.15) is 5.60 Å². The summed E-state index contributed by atoms with van der Waals surface area (Å²) in [6, 6.07) is 21.4. The lowest BCUT2D eigenvalue weighted by atomic mass is 9.80. The molecule has 1 unspecified atom stereocenters. The van der Waals surface area contributed by atoms with Crippen molar-refractivity contribution < 1.29 is 19.4 Å². The van der Waals surface area contributed by atoms with E-state index >= 15 is 0 Å². The van der Waals surface area contributed by atoms with Crippen LogP contribution < -0.4 is 5.32 Å². The molecule has 2 aromatic carbocycles. The molecular formula is C31H35N3O4. The molecule has 2 amide bonds. The number of pyridine rings is 1. The van der Waals surface area contributed by atoms with Crippen LogP contribution >= 0.6 is 0 Å². The number of nitrogens with one attached hydrogen (secondary N) is 1. The Bertz CT molecular complexity index is 1280. The Morgan fingerprint density at radius 1 is 1.13 bits per heavy atom. The van der Waals surface area contributed by atoms with Gasteiger partial charge in [-0.25, -0.2) is 4.79 Å². The molecule has 2 fully saturated rings. The van der Waals surface area contributed by atoms with Crippen LogP contribution in [0.3, 0.4) is 0 Å². The molecule has 38 heavy (non-hydrogen) atoms. The second-order valence-electron chi connectivity index (χ2n) is 11.1. The van der Waals surface area contributed by atoms with E-state index in [1.54, 1.807) is 31.0 Å². The Morgan fingerprint density at radius 2 is 1.84 bits per heavy atom. The lowest BCUT2D eigenvalue weighted by Gasteiger charge is -2.45. The zero-order chi connectivity index (χ0) is 26.9. The number of aromatic nitrogens is 1. The summed E-state index contributed by atoms with van der Waals surface area (Å²) in [5.74, 6) is -0.0806. The lowest BCUT2D eigenvalue weighted by Crippen LogP contribution is -2.51. The zero-order valence-corrected chi connectivity index (χ0v) is 22.2. The number of rotatable bonds is 8. The Balaban J connectivity index is 1.28. The predicted molar refractivity (Wildman–Crippen MR) is 145 cm³/mol. The largest absolute Gasteiger partial charge is 0.438 e. The fourth-order valence-electron chi connectivity index (χ4n) is 5.20. The Labute approximate surface area is 223 Å². The van der Waals surface area contributed by atoms with Gasteiger partial charge >= 0.3 is 6.09 Å². The number of ether oxygens (including phenoxy) is 1. The summed E-state index contributed by atoms with van der Waals surface area (Å²) >= 11 is 0. The average Bonchev–Trinajstić information content (AvgIpc) is 3.72. The second kappa shape index (κ2) is 10.2. The number of benzene rings is 2. The summed E-state index contributed by atoms with van der Waals surface area (Å²) < 4.78 is 6.13. The maximum absolute atomic E-state index is 13.3. The number of carbonyl (C=O) groups excluding carboxylic acids is 2. The molecule has 0 bridgehead atoms. The van der Waals surface area contributed by atoms with Gasteiger partial charge in [-0.3, -0.25) is 9.78 Å². The van der Waals surface area contributed by atoms with Gasteiger partial charge in [0, 0.05) is 37.2 Å². The van der Waals surface area contributed by atoms with Crippen LogP contribution in [0.1, 0.15) is 74.0 Å². The van der Waals surface area contributed by atoms with Gasteiger partial charge in [-0.05, 0) is 56.9 Å². The van der Waals surface area contributed by atoms with E-state index in [0.717, 1.165) is 35.2 Å². The molecule has 1 aliphatic heterocycles. The molecule has 2 atom stereocenters. The number of carbonyl (C=O) groups is 2. The van der Waals surface area contributed by atoms with Gasteiger partial charge in [0.15, 0.2) is 0 Å². The molecule has 198 valence electrons. The Morgan fingerprint density at radius 3 is 2.42 bits per heavy atom. The van der Waals surface area contributed by atoms with Crippen molar-refractivity contribution in [2.24, 2.45) is 0 Å². The number of hydrogen-bond donors (Lipinski definition) is 2. The Kier molecular flexibility index (Phi) is 6.97. The molecule has 5 rings (SSSR count). The second-order valence-corrected chi connectivity index (χ2v) is 11.1.